The number of carbonyl (C=O) groups is 1. The Hall–Kier alpha value is -1.07. The Kier molecular flexibility index (Phi) is 6.68. The molecule has 118 valence electrons. The summed E-state index contributed by atoms with van der Waals surface area (Å²) in [5.74, 6) is -0.183. The summed E-state index contributed by atoms with van der Waals surface area (Å²) >= 11 is 1.17. The van der Waals surface area contributed by atoms with E-state index < -0.39 is 11.5 Å². The molecule has 0 spiro atoms. The number of aliphatic hydroxyl groups excluding tert-OH is 1. The highest BCUT2D eigenvalue weighted by molar-refractivity contribution is 8.00. The Morgan fingerprint density at radius 3 is 2.57 bits per heavy atom. The van der Waals surface area contributed by atoms with E-state index in [2.05, 4.69) is 5.32 Å². The van der Waals surface area contributed by atoms with Crippen molar-refractivity contribution in [1.29, 1.82) is 0 Å². The first kappa shape index (κ1) is 18.0. The molecular formula is C16H24FNO2S. The Morgan fingerprint density at radius 1 is 1.38 bits per heavy atom. The zero-order chi connectivity index (χ0) is 16.0. The minimum atomic E-state index is -0.489. The first-order chi connectivity index (χ1) is 9.74. The van der Waals surface area contributed by atoms with Crippen LogP contribution in [0.1, 0.15) is 27.7 Å². The summed E-state index contributed by atoms with van der Waals surface area (Å²) < 4.78 is 13.4. The maximum absolute atomic E-state index is 13.4. The molecule has 1 atom stereocenters. The molecule has 21 heavy (non-hydrogen) atoms. The Labute approximate surface area is 130 Å². The average Bonchev–Trinajstić information content (AvgIpc) is 2.43. The van der Waals surface area contributed by atoms with Crippen LogP contribution in [0.3, 0.4) is 0 Å². The molecule has 0 aliphatic heterocycles. The second-order valence-corrected chi connectivity index (χ2v) is 7.19. The van der Waals surface area contributed by atoms with E-state index >= 15 is 0 Å². The minimum Gasteiger partial charge on any atom is -0.392 e. The van der Waals surface area contributed by atoms with Gasteiger partial charge in [0.15, 0.2) is 0 Å². The second kappa shape index (κ2) is 7.80. The number of aliphatic hydroxyl groups is 1. The van der Waals surface area contributed by atoms with Crippen molar-refractivity contribution in [2.75, 3.05) is 12.3 Å². The minimum absolute atomic E-state index is 0.129. The highest BCUT2D eigenvalue weighted by Crippen LogP contribution is 2.25. The summed E-state index contributed by atoms with van der Waals surface area (Å²) in [6.07, 6.45) is -0.489. The molecule has 0 aromatic heterocycles. The number of carbonyl (C=O) groups excluding carboxylic acids is 1. The van der Waals surface area contributed by atoms with E-state index in [1.807, 2.05) is 27.7 Å². The lowest BCUT2D eigenvalue weighted by atomic mass is 9.81. The van der Waals surface area contributed by atoms with Gasteiger partial charge in [-0.1, -0.05) is 39.8 Å². The van der Waals surface area contributed by atoms with E-state index in [9.17, 15) is 14.3 Å². The van der Waals surface area contributed by atoms with E-state index in [0.717, 1.165) is 0 Å². The van der Waals surface area contributed by atoms with Crippen LogP contribution in [0, 0.1) is 17.2 Å². The highest BCUT2D eigenvalue weighted by atomic mass is 32.2. The van der Waals surface area contributed by atoms with Crippen molar-refractivity contribution in [2.24, 2.45) is 11.3 Å². The molecule has 1 unspecified atom stereocenters. The van der Waals surface area contributed by atoms with Crippen molar-refractivity contribution >= 4 is 17.7 Å². The van der Waals surface area contributed by atoms with Gasteiger partial charge in [0.25, 0.3) is 0 Å². The monoisotopic (exact) mass is 313 g/mol. The third kappa shape index (κ3) is 5.67. The molecule has 0 heterocycles. The van der Waals surface area contributed by atoms with E-state index in [1.54, 1.807) is 18.2 Å². The van der Waals surface area contributed by atoms with Crippen LogP contribution < -0.4 is 5.32 Å². The molecule has 2 N–H and O–H groups in total. The van der Waals surface area contributed by atoms with Gasteiger partial charge in [-0.25, -0.2) is 4.39 Å². The molecular weight excluding hydrogens is 289 g/mol. The molecule has 0 aliphatic rings. The van der Waals surface area contributed by atoms with Gasteiger partial charge in [0.2, 0.25) is 5.91 Å². The number of benzene rings is 1. The molecule has 1 aromatic rings. The predicted octanol–water partition coefficient (Wildman–Crippen LogP) is 3.08. The average molecular weight is 313 g/mol. The number of hydrogen-bond acceptors (Lipinski definition) is 3. The van der Waals surface area contributed by atoms with Gasteiger partial charge in [-0.3, -0.25) is 4.79 Å². The lowest BCUT2D eigenvalue weighted by molar-refractivity contribution is -0.119. The molecule has 0 saturated heterocycles. The van der Waals surface area contributed by atoms with Gasteiger partial charge in [-0.15, -0.1) is 11.8 Å². The molecule has 1 aromatic carbocycles. The maximum atomic E-state index is 13.4. The van der Waals surface area contributed by atoms with Crippen LogP contribution in [0.15, 0.2) is 29.2 Å². The van der Waals surface area contributed by atoms with Gasteiger partial charge in [0, 0.05) is 16.9 Å². The Morgan fingerprint density at radius 2 is 2.00 bits per heavy atom. The zero-order valence-corrected chi connectivity index (χ0v) is 13.8. The highest BCUT2D eigenvalue weighted by Gasteiger charge is 2.30. The summed E-state index contributed by atoms with van der Waals surface area (Å²) in [4.78, 5) is 12.3. The van der Waals surface area contributed by atoms with Gasteiger partial charge >= 0.3 is 0 Å². The summed E-state index contributed by atoms with van der Waals surface area (Å²) in [5, 5.41) is 12.9. The van der Waals surface area contributed by atoms with Crippen LogP contribution in [-0.2, 0) is 4.79 Å². The summed E-state index contributed by atoms with van der Waals surface area (Å²) in [6.45, 7) is 8.12. The lowest BCUT2D eigenvalue weighted by Gasteiger charge is -2.33. The summed E-state index contributed by atoms with van der Waals surface area (Å²) in [6, 6.07) is 6.39. The lowest BCUT2D eigenvalue weighted by Crippen LogP contribution is -2.44. The van der Waals surface area contributed by atoms with Gasteiger partial charge in [-0.05, 0) is 18.1 Å². The van der Waals surface area contributed by atoms with E-state index in [4.69, 9.17) is 0 Å². The predicted molar refractivity (Wildman–Crippen MR) is 84.8 cm³/mol. The zero-order valence-electron chi connectivity index (χ0n) is 13.0. The van der Waals surface area contributed by atoms with Gasteiger partial charge in [0.1, 0.15) is 5.82 Å². The van der Waals surface area contributed by atoms with Crippen molar-refractivity contribution < 1.29 is 14.3 Å². The fourth-order valence-corrected chi connectivity index (χ4v) is 2.86. The van der Waals surface area contributed by atoms with Crippen molar-refractivity contribution in [3.8, 4) is 0 Å². The fourth-order valence-electron chi connectivity index (χ4n) is 2.09. The smallest absolute Gasteiger partial charge is 0.230 e. The van der Waals surface area contributed by atoms with E-state index in [0.29, 0.717) is 11.4 Å². The molecule has 1 rings (SSSR count). The molecule has 5 heteroatoms. The summed E-state index contributed by atoms with van der Waals surface area (Å²) in [5.41, 5.74) is -0.396. The van der Waals surface area contributed by atoms with Crippen LogP contribution in [0.2, 0.25) is 0 Å². The van der Waals surface area contributed by atoms with Crippen LogP contribution >= 0.6 is 11.8 Å². The van der Waals surface area contributed by atoms with Gasteiger partial charge in [-0.2, -0.15) is 0 Å². The topological polar surface area (TPSA) is 49.3 Å². The number of rotatable bonds is 7. The maximum Gasteiger partial charge on any atom is 0.230 e. The van der Waals surface area contributed by atoms with Crippen LogP contribution in [0.25, 0.3) is 0 Å². The van der Waals surface area contributed by atoms with Gasteiger partial charge in [0.05, 0.1) is 11.9 Å². The molecule has 0 aliphatic carbocycles. The SMILES string of the molecule is CC(C)C(O)C(C)(C)CNC(=O)CSc1ccccc1F. The van der Waals surface area contributed by atoms with Crippen molar-refractivity contribution in [2.45, 2.75) is 38.7 Å². The van der Waals surface area contributed by atoms with Crippen molar-refractivity contribution in [3.05, 3.63) is 30.1 Å². The molecule has 0 radical (unpaired) electrons. The number of nitrogens with one attached hydrogen (secondary N) is 1. The van der Waals surface area contributed by atoms with Crippen LogP contribution in [0.5, 0.6) is 0 Å². The summed E-state index contributed by atoms with van der Waals surface area (Å²) in [7, 11) is 0. The Bertz CT molecular complexity index is 477. The van der Waals surface area contributed by atoms with Crippen molar-refractivity contribution in [3.63, 3.8) is 0 Å². The largest absolute Gasteiger partial charge is 0.392 e. The number of amides is 1. The third-order valence-electron chi connectivity index (χ3n) is 3.37. The molecule has 1 amide bonds. The quantitative estimate of drug-likeness (QED) is 0.761. The third-order valence-corrected chi connectivity index (χ3v) is 4.42. The molecule has 0 bridgehead atoms. The van der Waals surface area contributed by atoms with Crippen LogP contribution in [-0.4, -0.2) is 29.4 Å². The second-order valence-electron chi connectivity index (χ2n) is 6.17. The van der Waals surface area contributed by atoms with E-state index in [1.165, 1.54) is 17.8 Å². The standard InChI is InChI=1S/C16H24FNO2S/c1-11(2)15(20)16(3,4)10-18-14(19)9-21-13-8-6-5-7-12(13)17/h5-8,11,15,20H,9-10H2,1-4H3,(H,18,19). The Balaban J connectivity index is 2.43. The van der Waals surface area contributed by atoms with Crippen molar-refractivity contribution in [1.82, 2.24) is 5.32 Å². The molecule has 3 nitrogen and oxygen atoms in total. The fraction of sp³-hybridized carbons (Fsp3) is 0.562. The van der Waals surface area contributed by atoms with Crippen LogP contribution in [0.4, 0.5) is 4.39 Å². The van der Waals surface area contributed by atoms with Gasteiger partial charge < -0.3 is 10.4 Å². The molecule has 0 saturated carbocycles. The number of halogens is 1. The van der Waals surface area contributed by atoms with E-state index in [-0.39, 0.29) is 23.4 Å². The first-order valence-electron chi connectivity index (χ1n) is 7.06. The molecule has 0 fully saturated rings. The normalized spacial score (nSPS) is 13.3. The number of thioether (sulfide) groups is 1. The number of hydrogen-bond donors (Lipinski definition) is 2. The first-order valence-corrected chi connectivity index (χ1v) is 8.04.